The van der Waals surface area contributed by atoms with Crippen LogP contribution >= 0.6 is 0 Å². The Morgan fingerprint density at radius 2 is 2.20 bits per heavy atom. The number of nitrogens with zero attached hydrogens (tertiary/aromatic N) is 2. The predicted molar refractivity (Wildman–Crippen MR) is 53.2 cm³/mol. The van der Waals surface area contributed by atoms with E-state index in [1.54, 1.807) is 4.90 Å². The summed E-state index contributed by atoms with van der Waals surface area (Å²) >= 11 is 0. The van der Waals surface area contributed by atoms with Gasteiger partial charge in [-0.3, -0.25) is 10.1 Å². The van der Waals surface area contributed by atoms with Crippen molar-refractivity contribution in [3.8, 4) is 0 Å². The first-order valence-corrected chi connectivity index (χ1v) is 4.52. The molecule has 1 aliphatic rings. The smallest absolute Gasteiger partial charge is 0.292 e. The Hall–Kier alpha value is -1.69. The molecule has 1 saturated heterocycles. The molecule has 0 aromatic heterocycles. The van der Waals surface area contributed by atoms with E-state index < -0.39 is 10.7 Å². The molecule has 0 radical (unpaired) electrons. The average Bonchev–Trinajstić information content (AvgIpc) is 2.12. The van der Waals surface area contributed by atoms with E-state index in [0.717, 1.165) is 6.07 Å². The van der Waals surface area contributed by atoms with Crippen LogP contribution in [0.5, 0.6) is 0 Å². The van der Waals surface area contributed by atoms with Gasteiger partial charge in [0, 0.05) is 31.3 Å². The fourth-order valence-electron chi connectivity index (χ4n) is 1.61. The van der Waals surface area contributed by atoms with Gasteiger partial charge in [0.15, 0.2) is 0 Å². The first kappa shape index (κ1) is 9.85. The topological polar surface area (TPSA) is 72.4 Å². The van der Waals surface area contributed by atoms with Crippen molar-refractivity contribution in [2.24, 2.45) is 5.73 Å². The van der Waals surface area contributed by atoms with Gasteiger partial charge in [-0.15, -0.1) is 0 Å². The third kappa shape index (κ3) is 1.75. The summed E-state index contributed by atoms with van der Waals surface area (Å²) in [6, 6.07) is 3.45. The van der Waals surface area contributed by atoms with Crippen LogP contribution in [0.2, 0.25) is 0 Å². The van der Waals surface area contributed by atoms with Crippen molar-refractivity contribution in [2.75, 3.05) is 18.0 Å². The molecule has 0 amide bonds. The molecule has 0 saturated carbocycles. The number of hydrogen-bond donors (Lipinski definition) is 1. The molecule has 0 spiro atoms. The van der Waals surface area contributed by atoms with Crippen LogP contribution in [0.15, 0.2) is 18.2 Å². The highest BCUT2D eigenvalue weighted by Gasteiger charge is 2.29. The standard InChI is InChI=1S/C9H10FN3O2/c10-6-1-2-8(13(14)15)9(3-6)12-4-7(11)5-12/h1-3,7H,4-5,11H2. The van der Waals surface area contributed by atoms with E-state index >= 15 is 0 Å². The van der Waals surface area contributed by atoms with Gasteiger partial charge in [-0.25, -0.2) is 4.39 Å². The second-order valence-electron chi connectivity index (χ2n) is 3.56. The van der Waals surface area contributed by atoms with Gasteiger partial charge in [-0.05, 0) is 6.07 Å². The minimum absolute atomic E-state index is 0.0212. The quantitative estimate of drug-likeness (QED) is 0.582. The predicted octanol–water partition coefficient (Wildman–Crippen LogP) is 0.881. The summed E-state index contributed by atoms with van der Waals surface area (Å²) < 4.78 is 12.9. The van der Waals surface area contributed by atoms with E-state index in [4.69, 9.17) is 5.73 Å². The Kier molecular flexibility index (Phi) is 2.28. The van der Waals surface area contributed by atoms with Gasteiger partial charge < -0.3 is 10.6 Å². The Balaban J connectivity index is 2.35. The number of benzene rings is 1. The third-order valence-corrected chi connectivity index (χ3v) is 2.38. The fraction of sp³-hybridized carbons (Fsp3) is 0.333. The number of anilines is 1. The second kappa shape index (κ2) is 3.47. The average molecular weight is 211 g/mol. The Morgan fingerprint density at radius 1 is 1.53 bits per heavy atom. The Morgan fingerprint density at radius 3 is 2.73 bits per heavy atom. The fourth-order valence-corrected chi connectivity index (χ4v) is 1.61. The molecule has 0 aliphatic carbocycles. The molecule has 6 heteroatoms. The minimum atomic E-state index is -0.515. The maximum Gasteiger partial charge on any atom is 0.292 e. The summed E-state index contributed by atoms with van der Waals surface area (Å²) in [6.45, 7) is 1.06. The van der Waals surface area contributed by atoms with Crippen molar-refractivity contribution in [2.45, 2.75) is 6.04 Å². The zero-order valence-corrected chi connectivity index (χ0v) is 7.89. The molecule has 1 aromatic carbocycles. The summed E-state index contributed by atoms with van der Waals surface area (Å²) in [5.41, 5.74) is 5.79. The van der Waals surface area contributed by atoms with Crippen LogP contribution in [-0.2, 0) is 0 Å². The summed E-state index contributed by atoms with van der Waals surface area (Å²) in [7, 11) is 0. The first-order valence-electron chi connectivity index (χ1n) is 4.52. The SMILES string of the molecule is NC1CN(c2cc(F)ccc2[N+](=O)[O-])C1. The lowest BCUT2D eigenvalue weighted by Gasteiger charge is -2.38. The van der Waals surface area contributed by atoms with E-state index in [0.29, 0.717) is 18.8 Å². The molecule has 2 N–H and O–H groups in total. The van der Waals surface area contributed by atoms with Crippen molar-refractivity contribution in [1.82, 2.24) is 0 Å². The number of hydrogen-bond acceptors (Lipinski definition) is 4. The van der Waals surface area contributed by atoms with Crippen LogP contribution in [0.4, 0.5) is 15.8 Å². The van der Waals surface area contributed by atoms with E-state index in [2.05, 4.69) is 0 Å². The summed E-state index contributed by atoms with van der Waals surface area (Å²) in [5.74, 6) is -0.476. The van der Waals surface area contributed by atoms with Crippen LogP contribution in [-0.4, -0.2) is 24.1 Å². The lowest BCUT2D eigenvalue weighted by Crippen LogP contribution is -2.56. The summed E-state index contributed by atoms with van der Waals surface area (Å²) in [4.78, 5) is 11.9. The van der Waals surface area contributed by atoms with Crippen LogP contribution in [0.1, 0.15) is 0 Å². The van der Waals surface area contributed by atoms with Crippen molar-refractivity contribution in [3.63, 3.8) is 0 Å². The molecule has 15 heavy (non-hydrogen) atoms. The van der Waals surface area contributed by atoms with Gasteiger partial charge in [0.05, 0.1) is 4.92 Å². The van der Waals surface area contributed by atoms with E-state index in [9.17, 15) is 14.5 Å². The van der Waals surface area contributed by atoms with Gasteiger partial charge >= 0.3 is 0 Å². The van der Waals surface area contributed by atoms with E-state index in [1.807, 2.05) is 0 Å². The molecule has 0 unspecified atom stereocenters. The van der Waals surface area contributed by atoms with Crippen molar-refractivity contribution >= 4 is 11.4 Å². The summed E-state index contributed by atoms with van der Waals surface area (Å²) in [5, 5.41) is 10.7. The van der Waals surface area contributed by atoms with Crippen molar-refractivity contribution in [3.05, 3.63) is 34.1 Å². The number of halogens is 1. The van der Waals surface area contributed by atoms with Crippen LogP contribution < -0.4 is 10.6 Å². The van der Waals surface area contributed by atoms with Gasteiger partial charge in [-0.2, -0.15) is 0 Å². The molecule has 1 aromatic rings. The van der Waals surface area contributed by atoms with E-state index in [1.165, 1.54) is 12.1 Å². The van der Waals surface area contributed by atoms with Crippen molar-refractivity contribution in [1.29, 1.82) is 0 Å². The van der Waals surface area contributed by atoms with Crippen LogP contribution in [0.25, 0.3) is 0 Å². The molecule has 1 fully saturated rings. The number of nitrogens with two attached hydrogens (primary N) is 1. The number of nitro benzene ring substituents is 1. The number of rotatable bonds is 2. The highest BCUT2D eigenvalue weighted by molar-refractivity contribution is 5.64. The lowest BCUT2D eigenvalue weighted by atomic mass is 10.1. The monoisotopic (exact) mass is 211 g/mol. The molecular formula is C9H10FN3O2. The molecule has 80 valence electrons. The van der Waals surface area contributed by atoms with Gasteiger partial charge in [0.25, 0.3) is 5.69 Å². The van der Waals surface area contributed by atoms with Gasteiger partial charge in [0.2, 0.25) is 0 Å². The molecular weight excluding hydrogens is 201 g/mol. The van der Waals surface area contributed by atoms with Gasteiger partial charge in [0.1, 0.15) is 11.5 Å². The normalized spacial score (nSPS) is 16.3. The largest absolute Gasteiger partial charge is 0.363 e. The summed E-state index contributed by atoms with van der Waals surface area (Å²) in [6.07, 6.45) is 0. The highest BCUT2D eigenvalue weighted by Crippen LogP contribution is 2.31. The third-order valence-electron chi connectivity index (χ3n) is 2.38. The highest BCUT2D eigenvalue weighted by atomic mass is 19.1. The van der Waals surface area contributed by atoms with Crippen LogP contribution in [0.3, 0.4) is 0 Å². The lowest BCUT2D eigenvalue weighted by molar-refractivity contribution is -0.384. The maximum absolute atomic E-state index is 12.9. The molecule has 0 atom stereocenters. The van der Waals surface area contributed by atoms with Crippen molar-refractivity contribution < 1.29 is 9.31 Å². The zero-order valence-electron chi connectivity index (χ0n) is 7.89. The Bertz CT molecular complexity index is 404. The second-order valence-corrected chi connectivity index (χ2v) is 3.56. The first-order chi connectivity index (χ1) is 7.08. The maximum atomic E-state index is 12.9. The molecule has 5 nitrogen and oxygen atoms in total. The van der Waals surface area contributed by atoms with E-state index in [-0.39, 0.29) is 11.7 Å². The zero-order chi connectivity index (χ0) is 11.0. The molecule has 0 bridgehead atoms. The van der Waals surface area contributed by atoms with Gasteiger partial charge in [-0.1, -0.05) is 0 Å². The molecule has 1 heterocycles. The molecule has 2 rings (SSSR count). The molecule has 1 aliphatic heterocycles. The Labute approximate surface area is 85.4 Å². The van der Waals surface area contributed by atoms with Crippen LogP contribution in [0, 0.1) is 15.9 Å². The number of nitro groups is 1. The minimum Gasteiger partial charge on any atom is -0.363 e.